The van der Waals surface area contributed by atoms with Gasteiger partial charge < -0.3 is 5.11 Å². The number of hydrogen-bond acceptors (Lipinski definition) is 2. The predicted molar refractivity (Wildman–Crippen MR) is 71.7 cm³/mol. The lowest BCUT2D eigenvalue weighted by atomic mass is 10.1. The first-order chi connectivity index (χ1) is 8.06. The van der Waals surface area contributed by atoms with E-state index in [9.17, 15) is 9.90 Å². The zero-order valence-electron chi connectivity index (χ0n) is 9.30. The van der Waals surface area contributed by atoms with Crippen LogP contribution in [0.3, 0.4) is 0 Å². The smallest absolute Gasteiger partial charge is 0.215 e. The van der Waals surface area contributed by atoms with Gasteiger partial charge in [0.15, 0.2) is 5.78 Å². The van der Waals surface area contributed by atoms with Gasteiger partial charge in [-0.3, -0.25) is 4.79 Å². The summed E-state index contributed by atoms with van der Waals surface area (Å²) < 4.78 is 0. The number of ketones is 1. The van der Waals surface area contributed by atoms with Crippen molar-refractivity contribution in [1.29, 1.82) is 0 Å². The second kappa shape index (κ2) is 4.59. The Labute approximate surface area is 105 Å². The highest BCUT2D eigenvalue weighted by Gasteiger charge is 2.16. The number of nitrogens with zero attached hydrogens (tertiary/aromatic N) is 1. The van der Waals surface area contributed by atoms with E-state index >= 15 is 0 Å². The molecule has 17 heavy (non-hydrogen) atoms. The third-order valence-electron chi connectivity index (χ3n) is 2.52. The Morgan fingerprint density at radius 2 is 2.06 bits per heavy atom. The Morgan fingerprint density at radius 3 is 2.53 bits per heavy atom. The maximum absolute atomic E-state index is 11.1. The Morgan fingerprint density at radius 1 is 1.41 bits per heavy atom. The summed E-state index contributed by atoms with van der Waals surface area (Å²) in [5.41, 5.74) is 2.30. The van der Waals surface area contributed by atoms with Crippen LogP contribution in [0.15, 0.2) is 34.8 Å². The first-order valence-electron chi connectivity index (χ1n) is 5.18. The number of aliphatic hydroxyl groups is 1. The van der Waals surface area contributed by atoms with Gasteiger partial charge in [0.25, 0.3) is 0 Å². The van der Waals surface area contributed by atoms with Crippen molar-refractivity contribution in [3.05, 3.63) is 41.0 Å². The van der Waals surface area contributed by atoms with Crippen molar-refractivity contribution in [2.75, 3.05) is 0 Å². The van der Waals surface area contributed by atoms with Gasteiger partial charge in [-0.1, -0.05) is 36.5 Å². The van der Waals surface area contributed by atoms with Gasteiger partial charge in [0, 0.05) is 17.6 Å². The number of carbonyl (C=O) groups is 1. The molecule has 0 saturated heterocycles. The summed E-state index contributed by atoms with van der Waals surface area (Å²) in [4.78, 5) is 15.4. The predicted octanol–water partition coefficient (Wildman–Crippen LogP) is 2.96. The maximum atomic E-state index is 11.1. The fraction of sp³-hybridized carbons (Fsp3) is 0.154. The molecule has 4 heteroatoms. The molecule has 0 amide bonds. The summed E-state index contributed by atoms with van der Waals surface area (Å²) in [6.45, 7) is 1.53. The van der Waals surface area contributed by atoms with Crippen molar-refractivity contribution in [2.24, 2.45) is 4.99 Å². The Balaban J connectivity index is 2.25. The van der Waals surface area contributed by atoms with Gasteiger partial charge in [0.1, 0.15) is 4.99 Å². The van der Waals surface area contributed by atoms with Crippen LogP contribution < -0.4 is 0 Å². The van der Waals surface area contributed by atoms with Gasteiger partial charge >= 0.3 is 0 Å². The van der Waals surface area contributed by atoms with E-state index in [0.29, 0.717) is 22.5 Å². The molecule has 2 rings (SSSR count). The standard InChI is InChI=1S/C13H11NO2S/c1-8(15)10-4-2-9(3-5-10)6-11-7-12(17)14-13(11)16/h2-6H,7H2,1H3,(H,14,16,17)/b11-6+. The van der Waals surface area contributed by atoms with Gasteiger partial charge in [-0.25, -0.2) is 4.99 Å². The highest BCUT2D eigenvalue weighted by atomic mass is 32.1. The summed E-state index contributed by atoms with van der Waals surface area (Å²) in [6.07, 6.45) is 2.32. The van der Waals surface area contributed by atoms with E-state index in [1.54, 1.807) is 12.1 Å². The molecule has 0 saturated carbocycles. The number of Topliss-reactive ketones (excluding diaryl/α,β-unsaturated/α-hetero) is 1. The number of thiocarbonyl (C=S) groups is 1. The molecule has 0 bridgehead atoms. The van der Waals surface area contributed by atoms with Crippen molar-refractivity contribution >= 4 is 35.0 Å². The zero-order valence-corrected chi connectivity index (χ0v) is 10.1. The van der Waals surface area contributed by atoms with Crippen molar-refractivity contribution in [1.82, 2.24) is 0 Å². The van der Waals surface area contributed by atoms with E-state index in [2.05, 4.69) is 4.99 Å². The Bertz CT molecular complexity index is 541. The molecule has 1 aromatic rings. The summed E-state index contributed by atoms with van der Waals surface area (Å²) in [6, 6.07) is 7.18. The molecule has 1 aliphatic heterocycles. The Kier molecular flexibility index (Phi) is 3.15. The average Bonchev–Trinajstić information content (AvgIpc) is 2.58. The summed E-state index contributed by atoms with van der Waals surface area (Å²) in [7, 11) is 0. The molecular formula is C13H11NO2S. The molecular weight excluding hydrogens is 234 g/mol. The minimum absolute atomic E-state index is 0.00866. The van der Waals surface area contributed by atoms with Crippen LogP contribution in [0.25, 0.3) is 6.08 Å². The molecule has 86 valence electrons. The first kappa shape index (κ1) is 11.7. The van der Waals surface area contributed by atoms with Gasteiger partial charge in [-0.05, 0) is 18.6 Å². The minimum atomic E-state index is -0.00866. The van der Waals surface area contributed by atoms with Crippen LogP contribution in [0, 0.1) is 0 Å². The summed E-state index contributed by atoms with van der Waals surface area (Å²) >= 11 is 4.91. The molecule has 1 N–H and O–H groups in total. The maximum Gasteiger partial charge on any atom is 0.215 e. The third-order valence-corrected chi connectivity index (χ3v) is 2.75. The highest BCUT2D eigenvalue weighted by Crippen LogP contribution is 2.18. The molecule has 0 fully saturated rings. The average molecular weight is 245 g/mol. The SMILES string of the molecule is CC(=O)c1ccc(/C=C2\CC(=S)N=C2O)cc1. The number of benzene rings is 1. The van der Waals surface area contributed by atoms with Crippen LogP contribution in [-0.4, -0.2) is 21.8 Å². The molecule has 3 nitrogen and oxygen atoms in total. The van der Waals surface area contributed by atoms with E-state index in [1.807, 2.05) is 18.2 Å². The quantitative estimate of drug-likeness (QED) is 0.643. The molecule has 1 aliphatic rings. The topological polar surface area (TPSA) is 49.7 Å². The normalized spacial score (nSPS) is 17.4. The summed E-state index contributed by atoms with van der Waals surface area (Å²) in [5.74, 6) is 0.0290. The lowest BCUT2D eigenvalue weighted by Gasteiger charge is -1.99. The van der Waals surface area contributed by atoms with E-state index in [4.69, 9.17) is 12.2 Å². The molecule has 0 radical (unpaired) electrons. The molecule has 0 aromatic heterocycles. The van der Waals surface area contributed by atoms with Gasteiger partial charge in [0.05, 0.1) is 0 Å². The Hall–Kier alpha value is -1.81. The fourth-order valence-electron chi connectivity index (χ4n) is 1.60. The second-order valence-corrected chi connectivity index (χ2v) is 4.32. The van der Waals surface area contributed by atoms with E-state index in [1.165, 1.54) is 6.92 Å². The number of carbonyl (C=O) groups excluding carboxylic acids is 1. The molecule has 0 unspecified atom stereocenters. The number of hydrogen-bond donors (Lipinski definition) is 1. The zero-order chi connectivity index (χ0) is 12.4. The molecule has 0 spiro atoms. The van der Waals surface area contributed by atoms with Crippen LogP contribution in [-0.2, 0) is 0 Å². The molecule has 1 aromatic carbocycles. The monoisotopic (exact) mass is 245 g/mol. The number of aliphatic imine (C=N–C) groups is 1. The third kappa shape index (κ3) is 2.65. The van der Waals surface area contributed by atoms with Crippen LogP contribution >= 0.6 is 12.2 Å². The van der Waals surface area contributed by atoms with Crippen LogP contribution in [0.5, 0.6) is 0 Å². The highest BCUT2D eigenvalue weighted by molar-refractivity contribution is 7.80. The van der Waals surface area contributed by atoms with E-state index in [0.717, 1.165) is 5.56 Å². The van der Waals surface area contributed by atoms with E-state index < -0.39 is 0 Å². The lowest BCUT2D eigenvalue weighted by molar-refractivity contribution is 0.101. The van der Waals surface area contributed by atoms with Crippen LogP contribution in [0.4, 0.5) is 0 Å². The molecule has 1 heterocycles. The number of rotatable bonds is 2. The lowest BCUT2D eigenvalue weighted by Crippen LogP contribution is -1.94. The fourth-order valence-corrected chi connectivity index (χ4v) is 1.84. The summed E-state index contributed by atoms with van der Waals surface area (Å²) in [5, 5.41) is 9.50. The first-order valence-corrected chi connectivity index (χ1v) is 5.59. The molecule has 0 aliphatic carbocycles. The minimum Gasteiger partial charge on any atom is -0.493 e. The number of aliphatic hydroxyl groups excluding tert-OH is 1. The molecule has 0 atom stereocenters. The van der Waals surface area contributed by atoms with Crippen molar-refractivity contribution in [3.63, 3.8) is 0 Å². The van der Waals surface area contributed by atoms with E-state index in [-0.39, 0.29) is 11.7 Å². The van der Waals surface area contributed by atoms with Crippen molar-refractivity contribution < 1.29 is 9.90 Å². The van der Waals surface area contributed by atoms with Crippen molar-refractivity contribution in [3.8, 4) is 0 Å². The van der Waals surface area contributed by atoms with Gasteiger partial charge in [0.2, 0.25) is 5.90 Å². The largest absolute Gasteiger partial charge is 0.493 e. The van der Waals surface area contributed by atoms with Crippen LogP contribution in [0.1, 0.15) is 29.3 Å². The second-order valence-electron chi connectivity index (χ2n) is 3.85. The van der Waals surface area contributed by atoms with Gasteiger partial charge in [-0.2, -0.15) is 0 Å². The van der Waals surface area contributed by atoms with Crippen molar-refractivity contribution in [2.45, 2.75) is 13.3 Å². The van der Waals surface area contributed by atoms with Crippen LogP contribution in [0.2, 0.25) is 0 Å². The van der Waals surface area contributed by atoms with Gasteiger partial charge in [-0.15, -0.1) is 0 Å².